The van der Waals surface area contributed by atoms with E-state index in [-0.39, 0.29) is 5.97 Å². The molecule has 5 nitrogen and oxygen atoms in total. The van der Waals surface area contributed by atoms with Gasteiger partial charge in [0.25, 0.3) is 0 Å². The molecular formula is C18H18ClN3O2S. The van der Waals surface area contributed by atoms with Gasteiger partial charge in [0.05, 0.1) is 30.6 Å². The monoisotopic (exact) mass is 375 g/mol. The van der Waals surface area contributed by atoms with Gasteiger partial charge < -0.3 is 4.74 Å². The molecule has 0 saturated carbocycles. The van der Waals surface area contributed by atoms with Gasteiger partial charge in [-0.05, 0) is 44.5 Å². The van der Waals surface area contributed by atoms with Crippen molar-refractivity contribution >= 4 is 28.9 Å². The number of esters is 1. The van der Waals surface area contributed by atoms with Crippen LogP contribution in [-0.2, 0) is 11.3 Å². The van der Waals surface area contributed by atoms with Crippen molar-refractivity contribution in [2.45, 2.75) is 27.3 Å². The summed E-state index contributed by atoms with van der Waals surface area (Å²) in [6, 6.07) is 5.91. The highest BCUT2D eigenvalue weighted by Gasteiger charge is 2.13. The average molecular weight is 376 g/mol. The van der Waals surface area contributed by atoms with E-state index in [1.807, 2.05) is 26.0 Å². The predicted molar refractivity (Wildman–Crippen MR) is 99.3 cm³/mol. The van der Waals surface area contributed by atoms with Crippen LogP contribution < -0.4 is 0 Å². The molecule has 3 aromatic rings. The number of carbonyl (C=O) groups excluding carboxylic acids is 1. The van der Waals surface area contributed by atoms with Crippen LogP contribution in [0.25, 0.3) is 10.6 Å². The van der Waals surface area contributed by atoms with Crippen LogP contribution in [0.2, 0.25) is 5.02 Å². The van der Waals surface area contributed by atoms with E-state index in [0.717, 1.165) is 26.7 Å². The van der Waals surface area contributed by atoms with E-state index >= 15 is 0 Å². The van der Waals surface area contributed by atoms with Gasteiger partial charge in [-0.15, -0.1) is 11.3 Å². The topological polar surface area (TPSA) is 57.0 Å². The quantitative estimate of drug-likeness (QED) is 0.616. The van der Waals surface area contributed by atoms with Crippen LogP contribution >= 0.6 is 22.9 Å². The van der Waals surface area contributed by atoms with Crippen molar-refractivity contribution in [3.05, 3.63) is 57.3 Å². The van der Waals surface area contributed by atoms with Crippen molar-refractivity contribution in [1.82, 2.24) is 14.8 Å². The highest BCUT2D eigenvalue weighted by molar-refractivity contribution is 7.15. The summed E-state index contributed by atoms with van der Waals surface area (Å²) in [5, 5.41) is 5.86. The Kier molecular flexibility index (Phi) is 5.20. The van der Waals surface area contributed by atoms with E-state index in [9.17, 15) is 4.79 Å². The van der Waals surface area contributed by atoms with E-state index in [2.05, 4.69) is 11.2 Å². The Hall–Kier alpha value is -2.18. The molecule has 0 saturated heterocycles. The molecule has 0 unspecified atom stereocenters. The molecule has 0 N–H and O–H groups in total. The Bertz CT molecular complexity index is 897. The van der Waals surface area contributed by atoms with Crippen LogP contribution in [0.1, 0.15) is 33.4 Å². The lowest BCUT2D eigenvalue weighted by Gasteiger charge is -2.01. The number of hydrogen-bond donors (Lipinski definition) is 0. The van der Waals surface area contributed by atoms with Gasteiger partial charge >= 0.3 is 5.97 Å². The lowest BCUT2D eigenvalue weighted by atomic mass is 10.1. The summed E-state index contributed by atoms with van der Waals surface area (Å²) in [7, 11) is 0. The second-order valence-corrected chi connectivity index (χ2v) is 7.33. The number of aryl methyl sites for hydroxylation is 2. The summed E-state index contributed by atoms with van der Waals surface area (Å²) in [6.07, 6.45) is 3.20. The molecule has 7 heteroatoms. The molecule has 0 spiro atoms. The van der Waals surface area contributed by atoms with Gasteiger partial charge in [0, 0.05) is 21.7 Å². The first kappa shape index (κ1) is 17.6. The summed E-state index contributed by atoms with van der Waals surface area (Å²) in [5.74, 6) is -0.362. The van der Waals surface area contributed by atoms with Gasteiger partial charge in [0.1, 0.15) is 5.01 Å². The molecule has 1 aromatic carbocycles. The van der Waals surface area contributed by atoms with Crippen molar-refractivity contribution in [2.75, 3.05) is 6.61 Å². The van der Waals surface area contributed by atoms with Gasteiger partial charge in [-0.1, -0.05) is 11.6 Å². The minimum atomic E-state index is -0.362. The number of benzene rings is 1. The Morgan fingerprint density at radius 2 is 2.12 bits per heavy atom. The minimum Gasteiger partial charge on any atom is -0.462 e. The highest BCUT2D eigenvalue weighted by atomic mass is 35.5. The van der Waals surface area contributed by atoms with Crippen molar-refractivity contribution < 1.29 is 9.53 Å². The zero-order valence-corrected chi connectivity index (χ0v) is 15.8. The number of thiazole rings is 1. The molecule has 0 aliphatic carbocycles. The second-order valence-electron chi connectivity index (χ2n) is 5.69. The van der Waals surface area contributed by atoms with Crippen LogP contribution in [0.4, 0.5) is 0 Å². The van der Waals surface area contributed by atoms with Crippen molar-refractivity contribution in [3.8, 4) is 10.6 Å². The van der Waals surface area contributed by atoms with Gasteiger partial charge in [-0.25, -0.2) is 9.78 Å². The maximum absolute atomic E-state index is 11.7. The summed E-state index contributed by atoms with van der Waals surface area (Å²) in [4.78, 5) is 17.6. The predicted octanol–water partition coefficient (Wildman–Crippen LogP) is 4.50. The standard InChI is InChI=1S/C18H18ClN3O2S/c1-4-24-18(23)14-8-20-22(9-14)10-16-12(3)25-17(21-16)13-5-11(2)6-15(19)7-13/h5-9H,4,10H2,1-3H3. The maximum Gasteiger partial charge on any atom is 0.341 e. The maximum atomic E-state index is 11.7. The van der Waals surface area contributed by atoms with Crippen LogP contribution in [0.15, 0.2) is 30.6 Å². The third-order valence-corrected chi connectivity index (χ3v) is 4.92. The first-order valence-electron chi connectivity index (χ1n) is 7.89. The zero-order valence-electron chi connectivity index (χ0n) is 14.2. The van der Waals surface area contributed by atoms with Crippen LogP contribution in [0, 0.1) is 13.8 Å². The lowest BCUT2D eigenvalue weighted by molar-refractivity contribution is 0.0526. The number of halogens is 1. The van der Waals surface area contributed by atoms with E-state index in [1.54, 1.807) is 29.1 Å². The van der Waals surface area contributed by atoms with Gasteiger partial charge in [-0.3, -0.25) is 4.68 Å². The van der Waals surface area contributed by atoms with E-state index in [0.29, 0.717) is 23.7 Å². The SMILES string of the molecule is CCOC(=O)c1cnn(Cc2nc(-c3cc(C)cc(Cl)c3)sc2C)c1. The first-order chi connectivity index (χ1) is 12.0. The fourth-order valence-corrected chi connectivity index (χ4v) is 3.68. The Labute approximate surface area is 155 Å². The number of ether oxygens (including phenoxy) is 1. The lowest BCUT2D eigenvalue weighted by Crippen LogP contribution is -2.04. The molecule has 0 amide bonds. The molecule has 3 rings (SSSR count). The minimum absolute atomic E-state index is 0.345. The highest BCUT2D eigenvalue weighted by Crippen LogP contribution is 2.30. The molecule has 0 atom stereocenters. The van der Waals surface area contributed by atoms with Gasteiger partial charge in [0.2, 0.25) is 0 Å². The second kappa shape index (κ2) is 7.37. The molecule has 0 bridgehead atoms. The Morgan fingerprint density at radius 3 is 2.84 bits per heavy atom. The fourth-order valence-electron chi connectivity index (χ4n) is 2.48. The third kappa shape index (κ3) is 4.08. The first-order valence-corrected chi connectivity index (χ1v) is 9.09. The average Bonchev–Trinajstić information content (AvgIpc) is 3.15. The van der Waals surface area contributed by atoms with Crippen molar-refractivity contribution in [1.29, 1.82) is 0 Å². The summed E-state index contributed by atoms with van der Waals surface area (Å²) in [5.41, 5.74) is 3.48. The van der Waals surface area contributed by atoms with E-state index < -0.39 is 0 Å². The van der Waals surface area contributed by atoms with Crippen LogP contribution in [0.5, 0.6) is 0 Å². The molecule has 0 radical (unpaired) electrons. The molecule has 130 valence electrons. The summed E-state index contributed by atoms with van der Waals surface area (Å²) in [6.45, 7) is 6.67. The van der Waals surface area contributed by atoms with Gasteiger partial charge in [-0.2, -0.15) is 5.10 Å². The molecule has 0 aliphatic heterocycles. The zero-order chi connectivity index (χ0) is 18.0. The normalized spacial score (nSPS) is 10.9. The van der Waals surface area contributed by atoms with E-state index in [4.69, 9.17) is 21.3 Å². The summed E-state index contributed by atoms with van der Waals surface area (Å²) < 4.78 is 6.68. The number of carbonyl (C=O) groups is 1. The molecule has 2 aromatic heterocycles. The fraction of sp³-hybridized carbons (Fsp3) is 0.278. The van der Waals surface area contributed by atoms with Crippen molar-refractivity contribution in [2.24, 2.45) is 0 Å². The van der Waals surface area contributed by atoms with E-state index in [1.165, 1.54) is 6.20 Å². The number of hydrogen-bond acceptors (Lipinski definition) is 5. The van der Waals surface area contributed by atoms with Gasteiger partial charge in [0.15, 0.2) is 0 Å². The smallest absolute Gasteiger partial charge is 0.341 e. The van der Waals surface area contributed by atoms with Crippen LogP contribution in [0.3, 0.4) is 0 Å². The molecule has 0 fully saturated rings. The number of nitrogens with zero attached hydrogens (tertiary/aromatic N) is 3. The largest absolute Gasteiger partial charge is 0.462 e. The van der Waals surface area contributed by atoms with Crippen molar-refractivity contribution in [3.63, 3.8) is 0 Å². The van der Waals surface area contributed by atoms with Crippen LogP contribution in [-0.4, -0.2) is 27.3 Å². The Balaban J connectivity index is 1.82. The number of rotatable bonds is 5. The third-order valence-electron chi connectivity index (χ3n) is 3.64. The molecular weight excluding hydrogens is 358 g/mol. The Morgan fingerprint density at radius 1 is 1.32 bits per heavy atom. The summed E-state index contributed by atoms with van der Waals surface area (Å²) >= 11 is 7.78. The molecule has 0 aliphatic rings. The molecule has 2 heterocycles. The molecule has 25 heavy (non-hydrogen) atoms. The number of aromatic nitrogens is 3.